The van der Waals surface area contributed by atoms with Crippen LogP contribution in [0.15, 0.2) is 36.4 Å². The molecule has 2 aromatic carbocycles. The topological polar surface area (TPSA) is 24.1 Å². The van der Waals surface area contributed by atoms with Gasteiger partial charge < -0.3 is 10.6 Å². The Hall–Kier alpha value is -2.15. The molecule has 0 bridgehead atoms. The molecule has 0 aliphatic carbocycles. The Bertz CT molecular complexity index is 605. The van der Waals surface area contributed by atoms with Crippen LogP contribution in [0.1, 0.15) is 0 Å². The second kappa shape index (κ2) is 5.87. The molecule has 2 aromatic rings. The van der Waals surface area contributed by atoms with Crippen molar-refractivity contribution in [3.63, 3.8) is 0 Å². The van der Waals surface area contributed by atoms with Gasteiger partial charge in [-0.25, -0.2) is 17.6 Å². The monoisotopic (exact) mass is 300 g/mol. The van der Waals surface area contributed by atoms with E-state index in [1.54, 1.807) is 0 Å². The number of rotatable bonds is 2. The van der Waals surface area contributed by atoms with Crippen molar-refractivity contribution in [1.82, 2.24) is 0 Å². The van der Waals surface area contributed by atoms with Crippen LogP contribution in [0, 0.1) is 23.3 Å². The van der Waals surface area contributed by atoms with Gasteiger partial charge >= 0.3 is 0 Å². The fraction of sp³-hybridized carbons (Fsp3) is 0. The third-order valence-electron chi connectivity index (χ3n) is 2.35. The molecule has 0 amide bonds. The molecule has 0 unspecified atom stereocenters. The van der Waals surface area contributed by atoms with Gasteiger partial charge in [0.15, 0.2) is 28.4 Å². The fourth-order valence-corrected chi connectivity index (χ4v) is 1.68. The minimum atomic E-state index is -1.02. The van der Waals surface area contributed by atoms with Gasteiger partial charge in [-0.15, -0.1) is 0 Å². The zero-order chi connectivity index (χ0) is 14.7. The summed E-state index contributed by atoms with van der Waals surface area (Å²) in [4.78, 5) is 0. The van der Waals surface area contributed by atoms with Gasteiger partial charge in [-0.1, -0.05) is 0 Å². The predicted octanol–water partition coefficient (Wildman–Crippen LogP) is 4.05. The molecule has 0 saturated carbocycles. The maximum Gasteiger partial charge on any atom is 0.175 e. The molecule has 0 aliphatic rings. The van der Waals surface area contributed by atoms with E-state index in [1.807, 2.05) is 0 Å². The molecule has 104 valence electrons. The molecule has 0 heterocycles. The highest BCUT2D eigenvalue weighted by Crippen LogP contribution is 2.15. The van der Waals surface area contributed by atoms with Crippen molar-refractivity contribution in [3.05, 3.63) is 59.7 Å². The van der Waals surface area contributed by atoms with E-state index in [-0.39, 0.29) is 16.5 Å². The van der Waals surface area contributed by atoms with Crippen LogP contribution in [0.3, 0.4) is 0 Å². The molecule has 0 saturated heterocycles. The third-order valence-corrected chi connectivity index (χ3v) is 2.56. The molecule has 2 rings (SSSR count). The Kier molecular flexibility index (Phi) is 4.19. The van der Waals surface area contributed by atoms with E-state index in [9.17, 15) is 17.6 Å². The Morgan fingerprint density at radius 2 is 1.10 bits per heavy atom. The zero-order valence-electron chi connectivity index (χ0n) is 9.88. The number of benzene rings is 2. The van der Waals surface area contributed by atoms with Crippen molar-refractivity contribution >= 4 is 28.7 Å². The second-order valence-corrected chi connectivity index (χ2v) is 4.25. The Morgan fingerprint density at radius 3 is 1.45 bits per heavy atom. The molecule has 0 aliphatic heterocycles. The minimum Gasteiger partial charge on any atom is -0.332 e. The molecular weight excluding hydrogens is 292 g/mol. The van der Waals surface area contributed by atoms with Gasteiger partial charge in [0.05, 0.1) is 0 Å². The fourth-order valence-electron chi connectivity index (χ4n) is 1.44. The standard InChI is InChI=1S/C13H8F4N2S/c14-9-3-1-7(5-11(9)16)18-13(20)19-8-2-4-10(15)12(17)6-8/h1-6H,(H2,18,19,20). The van der Waals surface area contributed by atoms with Crippen LogP contribution in [0.2, 0.25) is 0 Å². The number of anilines is 2. The lowest BCUT2D eigenvalue weighted by molar-refractivity contribution is 0.509. The van der Waals surface area contributed by atoms with Gasteiger partial charge in [0, 0.05) is 23.5 Å². The normalized spacial score (nSPS) is 10.2. The summed E-state index contributed by atoms with van der Waals surface area (Å²) in [5.74, 6) is -4.00. The van der Waals surface area contributed by atoms with Gasteiger partial charge in [-0.2, -0.15) is 0 Å². The summed E-state index contributed by atoms with van der Waals surface area (Å²) < 4.78 is 51.4. The maximum atomic E-state index is 13.0. The van der Waals surface area contributed by atoms with Crippen LogP contribution in [-0.4, -0.2) is 5.11 Å². The van der Waals surface area contributed by atoms with E-state index < -0.39 is 23.3 Å². The number of halogens is 4. The second-order valence-electron chi connectivity index (χ2n) is 3.84. The van der Waals surface area contributed by atoms with E-state index in [2.05, 4.69) is 10.6 Å². The maximum absolute atomic E-state index is 13.0. The Morgan fingerprint density at radius 1 is 0.700 bits per heavy atom. The van der Waals surface area contributed by atoms with Crippen molar-refractivity contribution in [3.8, 4) is 0 Å². The summed E-state index contributed by atoms with van der Waals surface area (Å²) in [5, 5.41) is 5.21. The molecule has 2 N–H and O–H groups in total. The van der Waals surface area contributed by atoms with Crippen LogP contribution in [0.5, 0.6) is 0 Å². The predicted molar refractivity (Wildman–Crippen MR) is 72.6 cm³/mol. The van der Waals surface area contributed by atoms with Crippen LogP contribution in [-0.2, 0) is 0 Å². The number of nitrogens with one attached hydrogen (secondary N) is 2. The van der Waals surface area contributed by atoms with E-state index in [1.165, 1.54) is 12.1 Å². The Labute approximate surface area is 117 Å². The van der Waals surface area contributed by atoms with Crippen molar-refractivity contribution in [1.29, 1.82) is 0 Å². The lowest BCUT2D eigenvalue weighted by atomic mass is 10.3. The van der Waals surface area contributed by atoms with Gasteiger partial charge in [-0.3, -0.25) is 0 Å². The molecule has 7 heteroatoms. The SMILES string of the molecule is Fc1ccc(NC(=S)Nc2ccc(F)c(F)c2)cc1F. The first kappa shape index (κ1) is 14.3. The lowest BCUT2D eigenvalue weighted by Crippen LogP contribution is -2.19. The summed E-state index contributed by atoms with van der Waals surface area (Å²) in [6, 6.07) is 6.31. The molecule has 0 spiro atoms. The van der Waals surface area contributed by atoms with Crippen molar-refractivity contribution in [2.45, 2.75) is 0 Å². The van der Waals surface area contributed by atoms with Crippen molar-refractivity contribution in [2.24, 2.45) is 0 Å². The highest BCUT2D eigenvalue weighted by molar-refractivity contribution is 7.80. The molecule has 0 atom stereocenters. The average molecular weight is 300 g/mol. The molecule has 0 radical (unpaired) electrons. The summed E-state index contributed by atoms with van der Waals surface area (Å²) in [7, 11) is 0. The summed E-state index contributed by atoms with van der Waals surface area (Å²) in [5.41, 5.74) is 0.452. The zero-order valence-corrected chi connectivity index (χ0v) is 10.7. The minimum absolute atomic E-state index is 0.0296. The first-order chi connectivity index (χ1) is 9.45. The van der Waals surface area contributed by atoms with Crippen LogP contribution < -0.4 is 10.6 Å². The van der Waals surface area contributed by atoms with E-state index in [4.69, 9.17) is 12.2 Å². The number of thiocarbonyl (C=S) groups is 1. The quantitative estimate of drug-likeness (QED) is 0.646. The first-order valence-corrected chi connectivity index (χ1v) is 5.84. The average Bonchev–Trinajstić information content (AvgIpc) is 2.38. The molecule has 20 heavy (non-hydrogen) atoms. The van der Waals surface area contributed by atoms with Crippen molar-refractivity contribution in [2.75, 3.05) is 10.6 Å². The molecule has 0 fully saturated rings. The lowest BCUT2D eigenvalue weighted by Gasteiger charge is -2.11. The number of hydrogen-bond acceptors (Lipinski definition) is 1. The highest BCUT2D eigenvalue weighted by atomic mass is 32.1. The third kappa shape index (κ3) is 3.45. The van der Waals surface area contributed by atoms with E-state index in [0.29, 0.717) is 0 Å². The van der Waals surface area contributed by atoms with Crippen LogP contribution in [0.4, 0.5) is 28.9 Å². The smallest absolute Gasteiger partial charge is 0.175 e. The number of hydrogen-bond donors (Lipinski definition) is 2. The van der Waals surface area contributed by atoms with Gasteiger partial charge in [0.25, 0.3) is 0 Å². The molecular formula is C13H8F4N2S. The summed E-state index contributed by atoms with van der Waals surface area (Å²) >= 11 is 4.92. The van der Waals surface area contributed by atoms with Crippen molar-refractivity contribution < 1.29 is 17.6 Å². The first-order valence-electron chi connectivity index (χ1n) is 5.44. The van der Waals surface area contributed by atoms with E-state index >= 15 is 0 Å². The Balaban J connectivity index is 2.04. The van der Waals surface area contributed by atoms with Crippen LogP contribution in [0.25, 0.3) is 0 Å². The summed E-state index contributed by atoms with van der Waals surface area (Å²) in [6.45, 7) is 0. The highest BCUT2D eigenvalue weighted by Gasteiger charge is 2.06. The molecule has 2 nitrogen and oxygen atoms in total. The van der Waals surface area contributed by atoms with Gasteiger partial charge in [0.1, 0.15) is 0 Å². The van der Waals surface area contributed by atoms with E-state index in [0.717, 1.165) is 24.3 Å². The van der Waals surface area contributed by atoms with Gasteiger partial charge in [0.2, 0.25) is 0 Å². The summed E-state index contributed by atoms with van der Waals surface area (Å²) in [6.07, 6.45) is 0. The van der Waals surface area contributed by atoms with Crippen LogP contribution >= 0.6 is 12.2 Å². The van der Waals surface area contributed by atoms with Gasteiger partial charge in [-0.05, 0) is 36.5 Å². The largest absolute Gasteiger partial charge is 0.332 e. The molecule has 0 aromatic heterocycles.